The van der Waals surface area contributed by atoms with Gasteiger partial charge in [0.05, 0.1) is 12.9 Å². The number of benzene rings is 2. The lowest BCUT2D eigenvalue weighted by molar-refractivity contribution is 0.103. The molecule has 0 unspecified atom stereocenters. The van der Waals surface area contributed by atoms with Gasteiger partial charge in [-0.3, -0.25) is 4.79 Å². The van der Waals surface area contributed by atoms with Crippen LogP contribution in [0, 0.1) is 6.92 Å². The number of hydrogen-bond acceptors (Lipinski definition) is 4. The number of ether oxygens (including phenoxy) is 1. The molecule has 2 aromatic carbocycles. The molecule has 0 aromatic heterocycles. The highest BCUT2D eigenvalue weighted by atomic mass is 79.9. The van der Waals surface area contributed by atoms with E-state index in [9.17, 15) is 13.2 Å². The highest BCUT2D eigenvalue weighted by Gasteiger charge is 2.19. The van der Waals surface area contributed by atoms with E-state index in [4.69, 9.17) is 4.74 Å². The van der Waals surface area contributed by atoms with Gasteiger partial charge in [-0.05, 0) is 19.1 Å². The quantitative estimate of drug-likeness (QED) is 0.676. The van der Waals surface area contributed by atoms with Crippen molar-refractivity contribution in [1.29, 1.82) is 0 Å². The molecule has 0 spiro atoms. The van der Waals surface area contributed by atoms with Gasteiger partial charge in [-0.15, -0.1) is 0 Å². The third kappa shape index (κ3) is 4.24. The van der Waals surface area contributed by atoms with Crippen LogP contribution in [0.5, 0.6) is 5.75 Å². The predicted molar refractivity (Wildman–Crippen MR) is 98.5 cm³/mol. The molecular formula is C18H19BrO4S. The van der Waals surface area contributed by atoms with Gasteiger partial charge in [0.15, 0.2) is 15.6 Å². The van der Waals surface area contributed by atoms with Crippen molar-refractivity contribution in [3.8, 4) is 5.75 Å². The first-order chi connectivity index (χ1) is 11.3. The van der Waals surface area contributed by atoms with E-state index < -0.39 is 9.84 Å². The minimum Gasteiger partial charge on any atom is -0.496 e. The van der Waals surface area contributed by atoms with Gasteiger partial charge < -0.3 is 4.74 Å². The molecule has 128 valence electrons. The largest absolute Gasteiger partial charge is 0.496 e. The molecular weight excluding hydrogens is 392 g/mol. The zero-order valence-electron chi connectivity index (χ0n) is 13.8. The molecule has 2 aromatic rings. The second-order valence-corrected chi connectivity index (χ2v) is 8.72. The van der Waals surface area contributed by atoms with Gasteiger partial charge in [0, 0.05) is 26.9 Å². The lowest BCUT2D eigenvalue weighted by Gasteiger charge is -2.13. The molecule has 0 N–H and O–H groups in total. The van der Waals surface area contributed by atoms with E-state index in [1.54, 1.807) is 31.2 Å². The number of rotatable bonds is 6. The predicted octanol–water partition coefficient (Wildman–Crippen LogP) is 3.93. The summed E-state index contributed by atoms with van der Waals surface area (Å²) >= 11 is 3.38. The molecule has 0 aliphatic rings. The molecule has 0 radical (unpaired) electrons. The summed E-state index contributed by atoms with van der Waals surface area (Å²) in [4.78, 5) is 12.7. The van der Waals surface area contributed by atoms with Crippen molar-refractivity contribution in [2.75, 3.05) is 12.9 Å². The number of ketones is 1. The maximum Gasteiger partial charge on any atom is 0.194 e. The van der Waals surface area contributed by atoms with Crippen LogP contribution >= 0.6 is 15.9 Å². The molecule has 6 heteroatoms. The molecule has 0 bridgehead atoms. The molecule has 0 saturated carbocycles. The Kier molecular flexibility index (Phi) is 5.83. The minimum absolute atomic E-state index is 0.0534. The Morgan fingerprint density at radius 2 is 1.79 bits per heavy atom. The van der Waals surface area contributed by atoms with Gasteiger partial charge in [-0.25, -0.2) is 8.42 Å². The summed E-state index contributed by atoms with van der Waals surface area (Å²) in [6.45, 7) is 3.56. The van der Waals surface area contributed by atoms with Gasteiger partial charge in [-0.1, -0.05) is 52.7 Å². The second kappa shape index (κ2) is 7.49. The van der Waals surface area contributed by atoms with Crippen LogP contribution in [0.4, 0.5) is 0 Å². The normalized spacial score (nSPS) is 11.3. The first-order valence-electron chi connectivity index (χ1n) is 7.45. The third-order valence-electron chi connectivity index (χ3n) is 3.74. The van der Waals surface area contributed by atoms with Crippen LogP contribution in [0.1, 0.15) is 34.0 Å². The summed E-state index contributed by atoms with van der Waals surface area (Å²) in [5.41, 5.74) is 2.61. The van der Waals surface area contributed by atoms with Gasteiger partial charge in [0.25, 0.3) is 0 Å². The van der Waals surface area contributed by atoms with E-state index in [1.807, 2.05) is 19.1 Å². The maximum atomic E-state index is 12.7. The zero-order chi connectivity index (χ0) is 17.9. The van der Waals surface area contributed by atoms with Crippen LogP contribution in [-0.2, 0) is 15.6 Å². The Hall–Kier alpha value is -1.66. The van der Waals surface area contributed by atoms with E-state index >= 15 is 0 Å². The van der Waals surface area contributed by atoms with E-state index in [0.717, 1.165) is 5.56 Å². The molecule has 0 fully saturated rings. The smallest absolute Gasteiger partial charge is 0.194 e. The van der Waals surface area contributed by atoms with Crippen molar-refractivity contribution in [2.45, 2.75) is 19.6 Å². The molecule has 2 rings (SSSR count). The summed E-state index contributed by atoms with van der Waals surface area (Å²) in [6, 6.07) is 10.5. The summed E-state index contributed by atoms with van der Waals surface area (Å²) in [5, 5.41) is 0. The van der Waals surface area contributed by atoms with Crippen molar-refractivity contribution in [2.24, 2.45) is 0 Å². The molecule has 0 aliphatic carbocycles. The summed E-state index contributed by atoms with van der Waals surface area (Å²) in [7, 11) is -1.73. The average molecular weight is 411 g/mol. The van der Waals surface area contributed by atoms with Gasteiger partial charge in [0.1, 0.15) is 5.75 Å². The topological polar surface area (TPSA) is 60.4 Å². The van der Waals surface area contributed by atoms with Crippen LogP contribution < -0.4 is 4.74 Å². The van der Waals surface area contributed by atoms with Crippen molar-refractivity contribution in [3.05, 3.63) is 63.1 Å². The Morgan fingerprint density at radius 1 is 1.17 bits per heavy atom. The number of carbonyl (C=O) groups is 1. The molecule has 0 amide bonds. The summed E-state index contributed by atoms with van der Waals surface area (Å²) < 4.78 is 29.6. The number of sulfone groups is 1. The fourth-order valence-electron chi connectivity index (χ4n) is 2.27. The summed E-state index contributed by atoms with van der Waals surface area (Å²) in [6.07, 6.45) is 0. The lowest BCUT2D eigenvalue weighted by Crippen LogP contribution is -2.09. The fourth-order valence-corrected chi connectivity index (χ4v) is 3.75. The number of hydrogen-bond donors (Lipinski definition) is 0. The Labute approximate surface area is 150 Å². The van der Waals surface area contributed by atoms with Crippen LogP contribution in [0.15, 0.2) is 40.9 Å². The number of aryl methyl sites for hydroxylation is 1. The third-order valence-corrected chi connectivity index (χ3v) is 6.03. The van der Waals surface area contributed by atoms with E-state index in [-0.39, 0.29) is 17.3 Å². The number of methoxy groups -OCH3 is 1. The van der Waals surface area contributed by atoms with E-state index in [0.29, 0.717) is 26.9 Å². The lowest BCUT2D eigenvalue weighted by atomic mass is 10.0. The zero-order valence-corrected chi connectivity index (χ0v) is 16.2. The molecule has 4 nitrogen and oxygen atoms in total. The van der Waals surface area contributed by atoms with Gasteiger partial charge >= 0.3 is 0 Å². The highest BCUT2D eigenvalue weighted by molar-refractivity contribution is 9.10. The van der Waals surface area contributed by atoms with E-state index in [2.05, 4.69) is 15.9 Å². The Bertz CT molecular complexity index is 855. The average Bonchev–Trinajstić information content (AvgIpc) is 2.55. The molecule has 0 aliphatic heterocycles. The second-order valence-electron chi connectivity index (χ2n) is 5.52. The van der Waals surface area contributed by atoms with E-state index in [1.165, 1.54) is 7.11 Å². The molecule has 24 heavy (non-hydrogen) atoms. The van der Waals surface area contributed by atoms with Crippen LogP contribution in [0.3, 0.4) is 0 Å². The SMILES string of the molecule is CCS(=O)(=O)Cc1cc(Br)c(C(=O)c2ccc(C)cc2)cc1OC. The monoisotopic (exact) mass is 410 g/mol. The standard InChI is InChI=1S/C18H19BrO4S/c1-4-24(21,22)11-14-9-16(19)15(10-17(14)23-3)18(20)13-7-5-12(2)6-8-13/h5-10H,4,11H2,1-3H3. The summed E-state index contributed by atoms with van der Waals surface area (Å²) in [5.74, 6) is 0.179. The van der Waals surface area contributed by atoms with Crippen LogP contribution in [-0.4, -0.2) is 27.1 Å². The first-order valence-corrected chi connectivity index (χ1v) is 10.1. The Morgan fingerprint density at radius 3 is 2.33 bits per heavy atom. The molecule has 0 saturated heterocycles. The van der Waals surface area contributed by atoms with Crippen molar-refractivity contribution < 1.29 is 17.9 Å². The first kappa shape index (κ1) is 18.7. The van der Waals surface area contributed by atoms with Crippen molar-refractivity contribution >= 4 is 31.6 Å². The highest BCUT2D eigenvalue weighted by Crippen LogP contribution is 2.30. The van der Waals surface area contributed by atoms with Crippen LogP contribution in [0.25, 0.3) is 0 Å². The minimum atomic E-state index is -3.20. The Balaban J connectivity index is 2.46. The number of halogens is 1. The molecule has 0 atom stereocenters. The maximum absolute atomic E-state index is 12.7. The van der Waals surface area contributed by atoms with Crippen molar-refractivity contribution in [3.63, 3.8) is 0 Å². The molecule has 0 heterocycles. The van der Waals surface area contributed by atoms with Crippen molar-refractivity contribution in [1.82, 2.24) is 0 Å². The van der Waals surface area contributed by atoms with Crippen LogP contribution in [0.2, 0.25) is 0 Å². The van der Waals surface area contributed by atoms with Gasteiger partial charge in [0.2, 0.25) is 0 Å². The fraction of sp³-hybridized carbons (Fsp3) is 0.278. The van der Waals surface area contributed by atoms with Gasteiger partial charge in [-0.2, -0.15) is 0 Å². The number of carbonyl (C=O) groups excluding carboxylic acids is 1.